The number of likely N-dealkylation sites (tertiary alicyclic amines) is 1. The molecule has 1 saturated heterocycles. The van der Waals surface area contributed by atoms with E-state index >= 15 is 0 Å². The summed E-state index contributed by atoms with van der Waals surface area (Å²) in [5, 5.41) is 0. The Morgan fingerprint density at radius 2 is 1.78 bits per heavy atom. The number of aryl methyl sites for hydroxylation is 1. The minimum absolute atomic E-state index is 0. The Morgan fingerprint density at radius 1 is 1.11 bits per heavy atom. The molecular formula is C20H27ClN2O3S. The number of piperidine rings is 1. The average Bonchev–Trinajstić information content (AvgIpc) is 2.63. The molecule has 0 spiro atoms. The van der Waals surface area contributed by atoms with Crippen LogP contribution < -0.4 is 9.46 Å². The van der Waals surface area contributed by atoms with Crippen LogP contribution in [0, 0.1) is 6.92 Å². The van der Waals surface area contributed by atoms with Gasteiger partial charge in [-0.15, -0.1) is 12.4 Å². The van der Waals surface area contributed by atoms with Gasteiger partial charge in [0.05, 0.1) is 12.0 Å². The molecular weight excluding hydrogens is 384 g/mol. The highest BCUT2D eigenvalue weighted by Crippen LogP contribution is 2.22. The molecule has 1 aliphatic heterocycles. The molecule has 0 radical (unpaired) electrons. The van der Waals surface area contributed by atoms with E-state index in [0.29, 0.717) is 16.2 Å². The number of hydrogen-bond acceptors (Lipinski definition) is 4. The van der Waals surface area contributed by atoms with Crippen molar-refractivity contribution >= 4 is 22.4 Å². The van der Waals surface area contributed by atoms with Crippen molar-refractivity contribution in [3.05, 3.63) is 59.7 Å². The van der Waals surface area contributed by atoms with Gasteiger partial charge in [-0.3, -0.25) is 4.90 Å². The Balaban J connectivity index is 0.00000261. The fraction of sp³-hybridized carbons (Fsp3) is 0.400. The van der Waals surface area contributed by atoms with Gasteiger partial charge >= 0.3 is 0 Å². The first kappa shape index (κ1) is 21.7. The number of benzene rings is 2. The summed E-state index contributed by atoms with van der Waals surface area (Å²) in [5.41, 5.74) is 1.98. The lowest BCUT2D eigenvalue weighted by Gasteiger charge is -2.32. The van der Waals surface area contributed by atoms with Gasteiger partial charge in [-0.1, -0.05) is 30.3 Å². The standard InChI is InChI=1S/C20H26N2O3S.ClH/c1-16-14-19(25-2)8-9-20(16)26(23,24)21-18-10-12-22(13-11-18)15-17-6-4-3-5-7-17;/h3-9,14,18,21H,10-13,15H2,1-2H3;1H. The van der Waals surface area contributed by atoms with Crippen molar-refractivity contribution in [1.82, 2.24) is 9.62 Å². The van der Waals surface area contributed by atoms with Crippen molar-refractivity contribution < 1.29 is 13.2 Å². The van der Waals surface area contributed by atoms with E-state index in [0.717, 1.165) is 32.5 Å². The third-order valence-corrected chi connectivity index (χ3v) is 6.51. The van der Waals surface area contributed by atoms with Crippen molar-refractivity contribution in [2.45, 2.75) is 37.2 Å². The van der Waals surface area contributed by atoms with Crippen molar-refractivity contribution in [3.63, 3.8) is 0 Å². The van der Waals surface area contributed by atoms with Crippen LogP contribution in [-0.4, -0.2) is 39.6 Å². The molecule has 1 N–H and O–H groups in total. The molecule has 3 rings (SSSR count). The molecule has 1 aliphatic rings. The summed E-state index contributed by atoms with van der Waals surface area (Å²) in [6.07, 6.45) is 1.64. The molecule has 5 nitrogen and oxygen atoms in total. The Morgan fingerprint density at radius 3 is 2.37 bits per heavy atom. The van der Waals surface area contributed by atoms with Crippen molar-refractivity contribution in [1.29, 1.82) is 0 Å². The molecule has 0 unspecified atom stereocenters. The molecule has 27 heavy (non-hydrogen) atoms. The van der Waals surface area contributed by atoms with Crippen molar-refractivity contribution in [3.8, 4) is 5.75 Å². The zero-order valence-electron chi connectivity index (χ0n) is 15.7. The maximum absolute atomic E-state index is 12.7. The molecule has 0 aromatic heterocycles. The van der Waals surface area contributed by atoms with Gasteiger partial charge in [0.1, 0.15) is 5.75 Å². The van der Waals surface area contributed by atoms with Crippen LogP contribution in [0.3, 0.4) is 0 Å². The summed E-state index contributed by atoms with van der Waals surface area (Å²) in [6.45, 7) is 4.49. The van der Waals surface area contributed by atoms with E-state index in [-0.39, 0.29) is 18.4 Å². The maximum Gasteiger partial charge on any atom is 0.241 e. The topological polar surface area (TPSA) is 58.6 Å². The zero-order valence-corrected chi connectivity index (χ0v) is 17.4. The highest BCUT2D eigenvalue weighted by Gasteiger charge is 2.25. The average molecular weight is 411 g/mol. The van der Waals surface area contributed by atoms with Gasteiger partial charge in [0.15, 0.2) is 0 Å². The molecule has 2 aromatic rings. The predicted molar refractivity (Wildman–Crippen MR) is 110 cm³/mol. The minimum atomic E-state index is -3.52. The highest BCUT2D eigenvalue weighted by atomic mass is 35.5. The third kappa shape index (κ3) is 5.69. The van der Waals surface area contributed by atoms with E-state index in [1.807, 2.05) is 18.2 Å². The first-order valence-corrected chi connectivity index (χ1v) is 10.4. The number of methoxy groups -OCH3 is 1. The molecule has 0 amide bonds. The van der Waals surface area contributed by atoms with Gasteiger partial charge in [-0.05, 0) is 49.1 Å². The number of rotatable bonds is 6. The van der Waals surface area contributed by atoms with Crippen molar-refractivity contribution in [2.24, 2.45) is 0 Å². The summed E-state index contributed by atoms with van der Waals surface area (Å²) >= 11 is 0. The van der Waals surface area contributed by atoms with E-state index in [2.05, 4.69) is 21.8 Å². The van der Waals surface area contributed by atoms with E-state index in [1.165, 1.54) is 5.56 Å². The monoisotopic (exact) mass is 410 g/mol. The minimum Gasteiger partial charge on any atom is -0.497 e. The van der Waals surface area contributed by atoms with Crippen LogP contribution in [0.25, 0.3) is 0 Å². The maximum atomic E-state index is 12.7. The second-order valence-corrected chi connectivity index (χ2v) is 8.47. The second kappa shape index (κ2) is 9.55. The van der Waals surface area contributed by atoms with Crippen LogP contribution in [0.4, 0.5) is 0 Å². The number of nitrogens with one attached hydrogen (secondary N) is 1. The van der Waals surface area contributed by atoms with Crippen LogP contribution in [0.15, 0.2) is 53.4 Å². The molecule has 0 aliphatic carbocycles. The van der Waals surface area contributed by atoms with Gasteiger partial charge in [-0.2, -0.15) is 0 Å². The predicted octanol–water partition coefficient (Wildman–Crippen LogP) is 3.37. The molecule has 0 bridgehead atoms. The van der Waals surface area contributed by atoms with Gasteiger partial charge in [0.2, 0.25) is 10.0 Å². The number of ether oxygens (including phenoxy) is 1. The smallest absolute Gasteiger partial charge is 0.241 e. The van der Waals surface area contributed by atoms with E-state index < -0.39 is 10.0 Å². The van der Waals surface area contributed by atoms with Crippen LogP contribution in [0.5, 0.6) is 5.75 Å². The van der Waals surface area contributed by atoms with E-state index in [4.69, 9.17) is 4.74 Å². The lowest BCUT2D eigenvalue weighted by Crippen LogP contribution is -2.44. The Labute approximate surface area is 168 Å². The summed E-state index contributed by atoms with van der Waals surface area (Å²) in [4.78, 5) is 2.70. The molecule has 0 saturated carbocycles. The van der Waals surface area contributed by atoms with Gasteiger partial charge < -0.3 is 4.74 Å². The molecule has 7 heteroatoms. The molecule has 1 fully saturated rings. The van der Waals surface area contributed by atoms with Crippen LogP contribution in [-0.2, 0) is 16.6 Å². The molecule has 1 heterocycles. The molecule has 148 valence electrons. The second-order valence-electron chi connectivity index (χ2n) is 6.79. The Kier molecular flexibility index (Phi) is 7.68. The Bertz CT molecular complexity index is 836. The van der Waals surface area contributed by atoms with E-state index in [1.54, 1.807) is 32.2 Å². The normalized spacial score (nSPS) is 15.9. The van der Waals surface area contributed by atoms with Gasteiger partial charge in [0.25, 0.3) is 0 Å². The van der Waals surface area contributed by atoms with Gasteiger partial charge in [0, 0.05) is 25.7 Å². The van der Waals surface area contributed by atoms with Crippen LogP contribution in [0.1, 0.15) is 24.0 Å². The van der Waals surface area contributed by atoms with Crippen molar-refractivity contribution in [2.75, 3.05) is 20.2 Å². The SMILES string of the molecule is COc1ccc(S(=O)(=O)NC2CCN(Cc3ccccc3)CC2)c(C)c1.Cl. The fourth-order valence-electron chi connectivity index (χ4n) is 3.38. The summed E-state index contributed by atoms with van der Waals surface area (Å²) in [5.74, 6) is 0.663. The summed E-state index contributed by atoms with van der Waals surface area (Å²) in [7, 11) is -1.94. The first-order valence-electron chi connectivity index (χ1n) is 8.91. The Hall–Kier alpha value is -1.60. The fourth-order valence-corrected chi connectivity index (χ4v) is 4.92. The number of halogens is 1. The summed E-state index contributed by atoms with van der Waals surface area (Å²) < 4.78 is 33.5. The van der Waals surface area contributed by atoms with E-state index in [9.17, 15) is 8.42 Å². The molecule has 0 atom stereocenters. The van der Waals surface area contributed by atoms with Crippen LogP contribution >= 0.6 is 12.4 Å². The lowest BCUT2D eigenvalue weighted by atomic mass is 10.1. The quantitative estimate of drug-likeness (QED) is 0.793. The van der Waals surface area contributed by atoms with Gasteiger partial charge in [-0.25, -0.2) is 13.1 Å². The lowest BCUT2D eigenvalue weighted by molar-refractivity contribution is 0.200. The highest BCUT2D eigenvalue weighted by molar-refractivity contribution is 7.89. The largest absolute Gasteiger partial charge is 0.497 e. The number of hydrogen-bond donors (Lipinski definition) is 1. The number of sulfonamides is 1. The third-order valence-electron chi connectivity index (χ3n) is 4.83. The van der Waals surface area contributed by atoms with Crippen LogP contribution in [0.2, 0.25) is 0 Å². The zero-order chi connectivity index (χ0) is 18.6. The molecule has 2 aromatic carbocycles. The first-order chi connectivity index (χ1) is 12.5. The number of nitrogens with zero attached hydrogens (tertiary/aromatic N) is 1. The summed E-state index contributed by atoms with van der Waals surface area (Å²) in [6, 6.07) is 15.4.